The Morgan fingerprint density at radius 2 is 1.90 bits per heavy atom. The number of furan rings is 1. The van der Waals surface area contributed by atoms with E-state index in [-0.39, 0.29) is 17.9 Å². The Morgan fingerprint density at radius 3 is 2.65 bits per heavy atom. The molecule has 0 radical (unpaired) electrons. The molecule has 1 aliphatic heterocycles. The number of nitrogens with zero attached hydrogens (tertiary/aromatic N) is 2. The normalized spacial score (nSPS) is 14.2. The van der Waals surface area contributed by atoms with Crippen LogP contribution in [0.15, 0.2) is 65.4 Å². The number of benzene rings is 1. The summed E-state index contributed by atoms with van der Waals surface area (Å²) in [6.07, 6.45) is 4.47. The van der Waals surface area contributed by atoms with E-state index in [4.69, 9.17) is 9.15 Å². The molecule has 0 bridgehead atoms. The Kier molecular flexibility index (Phi) is 6.16. The van der Waals surface area contributed by atoms with E-state index in [9.17, 15) is 9.59 Å². The van der Waals surface area contributed by atoms with Gasteiger partial charge in [-0.2, -0.15) is 0 Å². The standard InChI is InChI=1S/C23H24N4O4/c1-30-19-8-3-2-7-18(19)26-21-17(6-4-12-24-21)22(28)25-16-10-13-27(14-11-16)23(29)20-9-5-15-31-20/h2-9,12,15-16H,10-11,13-14H2,1H3,(H,24,26)(H,25,28). The highest BCUT2D eigenvalue weighted by molar-refractivity contribution is 5.99. The Labute approximate surface area is 180 Å². The van der Waals surface area contributed by atoms with Gasteiger partial charge in [0, 0.05) is 25.3 Å². The monoisotopic (exact) mass is 420 g/mol. The minimum absolute atomic E-state index is 0.0209. The minimum atomic E-state index is -0.207. The van der Waals surface area contributed by atoms with Gasteiger partial charge in [-0.1, -0.05) is 12.1 Å². The Morgan fingerprint density at radius 1 is 1.10 bits per heavy atom. The van der Waals surface area contributed by atoms with Crippen molar-refractivity contribution in [1.82, 2.24) is 15.2 Å². The van der Waals surface area contributed by atoms with Gasteiger partial charge < -0.3 is 24.7 Å². The van der Waals surface area contributed by atoms with Crippen LogP contribution < -0.4 is 15.4 Å². The first-order chi connectivity index (χ1) is 15.2. The number of ether oxygens (including phenoxy) is 1. The number of rotatable bonds is 6. The molecule has 2 amide bonds. The third-order valence-electron chi connectivity index (χ3n) is 5.26. The number of carbonyl (C=O) groups is 2. The predicted molar refractivity (Wildman–Crippen MR) is 116 cm³/mol. The van der Waals surface area contributed by atoms with E-state index in [0.29, 0.717) is 48.8 Å². The summed E-state index contributed by atoms with van der Waals surface area (Å²) in [5.41, 5.74) is 1.17. The van der Waals surface area contributed by atoms with Gasteiger partial charge in [0.1, 0.15) is 11.6 Å². The molecule has 2 aromatic heterocycles. The number of hydrogen-bond acceptors (Lipinski definition) is 6. The molecule has 31 heavy (non-hydrogen) atoms. The first-order valence-electron chi connectivity index (χ1n) is 10.1. The second-order valence-corrected chi connectivity index (χ2v) is 7.24. The van der Waals surface area contributed by atoms with Gasteiger partial charge in [-0.25, -0.2) is 4.98 Å². The Hall–Kier alpha value is -3.81. The summed E-state index contributed by atoms with van der Waals surface area (Å²) in [7, 11) is 1.59. The third kappa shape index (κ3) is 4.69. The number of hydrogen-bond donors (Lipinski definition) is 2. The van der Waals surface area contributed by atoms with Gasteiger partial charge in [0.2, 0.25) is 0 Å². The van der Waals surface area contributed by atoms with Gasteiger partial charge in [0.25, 0.3) is 11.8 Å². The smallest absolute Gasteiger partial charge is 0.289 e. The van der Waals surface area contributed by atoms with Crippen molar-refractivity contribution >= 4 is 23.3 Å². The van der Waals surface area contributed by atoms with Crippen LogP contribution in [0.25, 0.3) is 0 Å². The largest absolute Gasteiger partial charge is 0.495 e. The molecule has 0 saturated carbocycles. The van der Waals surface area contributed by atoms with E-state index in [1.807, 2.05) is 24.3 Å². The van der Waals surface area contributed by atoms with Gasteiger partial charge in [-0.3, -0.25) is 9.59 Å². The molecule has 160 valence electrons. The van der Waals surface area contributed by atoms with Crippen molar-refractivity contribution in [1.29, 1.82) is 0 Å². The van der Waals surface area contributed by atoms with Crippen LogP contribution >= 0.6 is 0 Å². The second kappa shape index (κ2) is 9.34. The molecule has 1 saturated heterocycles. The van der Waals surface area contributed by atoms with Crippen LogP contribution in [-0.4, -0.2) is 47.9 Å². The van der Waals surface area contributed by atoms with Crippen LogP contribution in [-0.2, 0) is 0 Å². The molecular weight excluding hydrogens is 396 g/mol. The van der Waals surface area contributed by atoms with E-state index < -0.39 is 0 Å². The third-order valence-corrected chi connectivity index (χ3v) is 5.26. The average molecular weight is 420 g/mol. The summed E-state index contributed by atoms with van der Waals surface area (Å²) < 4.78 is 10.6. The van der Waals surface area contributed by atoms with Gasteiger partial charge in [-0.05, 0) is 49.2 Å². The number of methoxy groups -OCH3 is 1. The first kappa shape index (κ1) is 20.5. The first-order valence-corrected chi connectivity index (χ1v) is 10.1. The molecule has 8 nitrogen and oxygen atoms in total. The zero-order chi connectivity index (χ0) is 21.6. The Bertz CT molecular complexity index is 1040. The molecule has 0 spiro atoms. The van der Waals surface area contributed by atoms with Crippen LogP contribution in [0.5, 0.6) is 5.75 Å². The lowest BCUT2D eigenvalue weighted by Crippen LogP contribution is -2.46. The van der Waals surface area contributed by atoms with Crippen molar-refractivity contribution in [3.63, 3.8) is 0 Å². The van der Waals surface area contributed by atoms with Gasteiger partial charge in [-0.15, -0.1) is 0 Å². The Balaban J connectivity index is 1.39. The SMILES string of the molecule is COc1ccccc1Nc1ncccc1C(=O)NC1CCN(C(=O)c2ccco2)CC1. The number of nitrogens with one attached hydrogen (secondary N) is 2. The average Bonchev–Trinajstić information content (AvgIpc) is 3.35. The van der Waals surface area contributed by atoms with Crippen LogP contribution in [0.4, 0.5) is 11.5 Å². The summed E-state index contributed by atoms with van der Waals surface area (Å²) in [4.78, 5) is 31.4. The van der Waals surface area contributed by atoms with Crippen LogP contribution in [0, 0.1) is 0 Å². The molecule has 0 atom stereocenters. The fourth-order valence-corrected chi connectivity index (χ4v) is 3.61. The van der Waals surface area contributed by atoms with Gasteiger partial charge in [0.15, 0.2) is 5.76 Å². The number of anilines is 2. The summed E-state index contributed by atoms with van der Waals surface area (Å²) >= 11 is 0. The number of amides is 2. The van der Waals surface area contributed by atoms with E-state index in [1.165, 1.54) is 6.26 Å². The van der Waals surface area contributed by atoms with E-state index in [2.05, 4.69) is 15.6 Å². The van der Waals surface area contributed by atoms with Crippen molar-refractivity contribution in [2.45, 2.75) is 18.9 Å². The van der Waals surface area contributed by atoms with Crippen LogP contribution in [0.3, 0.4) is 0 Å². The van der Waals surface area contributed by atoms with Gasteiger partial charge >= 0.3 is 0 Å². The maximum atomic E-state index is 13.0. The van der Waals surface area contributed by atoms with E-state index in [0.717, 1.165) is 5.69 Å². The fraction of sp³-hybridized carbons (Fsp3) is 0.261. The second-order valence-electron chi connectivity index (χ2n) is 7.24. The zero-order valence-electron chi connectivity index (χ0n) is 17.2. The number of aromatic nitrogens is 1. The highest BCUT2D eigenvalue weighted by Crippen LogP contribution is 2.27. The lowest BCUT2D eigenvalue weighted by atomic mass is 10.0. The van der Waals surface area contributed by atoms with E-state index >= 15 is 0 Å². The summed E-state index contributed by atoms with van der Waals surface area (Å²) in [6.45, 7) is 1.12. The lowest BCUT2D eigenvalue weighted by molar-refractivity contribution is 0.0667. The van der Waals surface area contributed by atoms with Crippen molar-refractivity contribution < 1.29 is 18.7 Å². The highest BCUT2D eigenvalue weighted by atomic mass is 16.5. The maximum absolute atomic E-state index is 13.0. The van der Waals surface area contributed by atoms with Crippen molar-refractivity contribution in [2.75, 3.05) is 25.5 Å². The summed E-state index contributed by atoms with van der Waals surface area (Å²) in [5.74, 6) is 1.12. The predicted octanol–water partition coefficient (Wildman–Crippen LogP) is 3.46. The molecule has 3 aromatic rings. The molecule has 1 fully saturated rings. The summed E-state index contributed by atoms with van der Waals surface area (Å²) in [6, 6.07) is 14.3. The molecule has 2 N–H and O–H groups in total. The molecule has 3 heterocycles. The number of carbonyl (C=O) groups excluding carboxylic acids is 2. The zero-order valence-corrected chi connectivity index (χ0v) is 17.2. The molecular formula is C23H24N4O4. The highest BCUT2D eigenvalue weighted by Gasteiger charge is 2.26. The lowest BCUT2D eigenvalue weighted by Gasteiger charge is -2.32. The molecule has 0 aliphatic carbocycles. The number of piperidine rings is 1. The van der Waals surface area contributed by atoms with Crippen molar-refractivity contribution in [3.05, 3.63) is 72.3 Å². The topological polar surface area (TPSA) is 96.7 Å². The number of pyridine rings is 1. The van der Waals surface area contributed by atoms with Crippen LogP contribution in [0.2, 0.25) is 0 Å². The molecule has 1 aromatic carbocycles. The van der Waals surface area contributed by atoms with Crippen molar-refractivity contribution in [3.8, 4) is 5.75 Å². The molecule has 4 rings (SSSR count). The molecule has 1 aliphatic rings. The quantitative estimate of drug-likeness (QED) is 0.634. The minimum Gasteiger partial charge on any atom is -0.495 e. The van der Waals surface area contributed by atoms with Crippen molar-refractivity contribution in [2.24, 2.45) is 0 Å². The van der Waals surface area contributed by atoms with Gasteiger partial charge in [0.05, 0.1) is 24.6 Å². The maximum Gasteiger partial charge on any atom is 0.289 e. The number of para-hydroxylation sites is 2. The van der Waals surface area contributed by atoms with Crippen LogP contribution in [0.1, 0.15) is 33.8 Å². The fourth-order valence-electron chi connectivity index (χ4n) is 3.61. The summed E-state index contributed by atoms with van der Waals surface area (Å²) in [5, 5.41) is 6.26. The number of likely N-dealkylation sites (tertiary alicyclic amines) is 1. The molecule has 8 heteroatoms. The van der Waals surface area contributed by atoms with E-state index in [1.54, 1.807) is 42.5 Å². The molecule has 0 unspecified atom stereocenters.